The first-order chi connectivity index (χ1) is 11.0. The second-order valence-electron chi connectivity index (χ2n) is 6.12. The summed E-state index contributed by atoms with van der Waals surface area (Å²) in [6, 6.07) is 5.38. The molecule has 1 heterocycles. The number of ether oxygens (including phenoxy) is 1. The third kappa shape index (κ3) is 3.27. The summed E-state index contributed by atoms with van der Waals surface area (Å²) in [6.07, 6.45) is 3.49. The molecule has 3 rings (SSSR count). The number of Topliss-reactive ketones (excluding diaryl/α,β-unsaturated/α-hetero) is 1. The molecule has 1 aliphatic rings. The van der Waals surface area contributed by atoms with Crippen LogP contribution in [0.3, 0.4) is 0 Å². The summed E-state index contributed by atoms with van der Waals surface area (Å²) in [5.74, 6) is 0.853. The smallest absolute Gasteiger partial charge is 0.269 e. The summed E-state index contributed by atoms with van der Waals surface area (Å²) in [4.78, 5) is 27.7. The van der Waals surface area contributed by atoms with Crippen LogP contribution < -0.4 is 10.3 Å². The van der Waals surface area contributed by atoms with E-state index in [0.717, 1.165) is 0 Å². The molecule has 122 valence electrons. The number of rotatable bonds is 4. The Balaban J connectivity index is 1.88. The summed E-state index contributed by atoms with van der Waals surface area (Å²) in [5.41, 5.74) is 0.312. The molecule has 1 aliphatic carbocycles. The first-order valence-corrected chi connectivity index (χ1v) is 7.78. The average Bonchev–Trinajstić information content (AvgIpc) is 2.56. The lowest BCUT2D eigenvalue weighted by Gasteiger charge is -2.31. The Morgan fingerprint density at radius 1 is 1.30 bits per heavy atom. The summed E-state index contributed by atoms with van der Waals surface area (Å²) >= 11 is 0. The maximum Gasteiger partial charge on any atom is 0.269 e. The second kappa shape index (κ2) is 6.12. The van der Waals surface area contributed by atoms with Gasteiger partial charge >= 0.3 is 0 Å². The number of benzene rings is 1. The Bertz CT molecular complexity index is 787. The molecule has 6 nitrogen and oxygen atoms in total. The van der Waals surface area contributed by atoms with Gasteiger partial charge in [-0.05, 0) is 31.4 Å². The molecule has 1 aromatic carbocycles. The number of ketones is 1. The molecule has 6 heteroatoms. The van der Waals surface area contributed by atoms with E-state index in [-0.39, 0.29) is 11.3 Å². The van der Waals surface area contributed by atoms with Gasteiger partial charge in [-0.3, -0.25) is 9.59 Å². The molecule has 0 spiro atoms. The van der Waals surface area contributed by atoms with Crippen LogP contribution in [-0.2, 0) is 11.3 Å². The quantitative estimate of drug-likeness (QED) is 0.928. The molecule has 23 heavy (non-hydrogen) atoms. The van der Waals surface area contributed by atoms with Gasteiger partial charge in [-0.15, -0.1) is 0 Å². The Morgan fingerprint density at radius 3 is 2.74 bits per heavy atom. The number of hydrogen-bond donors (Lipinski definition) is 1. The molecule has 0 saturated heterocycles. The molecular weight excluding hydrogens is 296 g/mol. The summed E-state index contributed by atoms with van der Waals surface area (Å²) in [7, 11) is 1.57. The van der Waals surface area contributed by atoms with E-state index >= 15 is 0 Å². The maximum atomic E-state index is 12.2. The van der Waals surface area contributed by atoms with Crippen LogP contribution in [0.4, 0.5) is 0 Å². The van der Waals surface area contributed by atoms with E-state index in [1.165, 1.54) is 6.20 Å². The number of methoxy groups -OCH3 is 1. The number of aliphatic hydroxyl groups is 1. The summed E-state index contributed by atoms with van der Waals surface area (Å²) in [5, 5.41) is 10.6. The topological polar surface area (TPSA) is 81.4 Å². The van der Waals surface area contributed by atoms with E-state index in [9.17, 15) is 14.7 Å². The average molecular weight is 316 g/mol. The van der Waals surface area contributed by atoms with Crippen molar-refractivity contribution in [3.05, 3.63) is 34.7 Å². The number of hydrogen-bond acceptors (Lipinski definition) is 5. The lowest BCUT2D eigenvalue weighted by molar-refractivity contribution is -0.125. The van der Waals surface area contributed by atoms with Crippen molar-refractivity contribution < 1.29 is 14.6 Å². The van der Waals surface area contributed by atoms with Crippen LogP contribution in [-0.4, -0.2) is 33.2 Å². The minimum atomic E-state index is -0.873. The van der Waals surface area contributed by atoms with E-state index in [2.05, 4.69) is 4.98 Å². The Labute approximate surface area is 133 Å². The highest BCUT2D eigenvalue weighted by Gasteiger charge is 2.32. The molecule has 0 atom stereocenters. The highest BCUT2D eigenvalue weighted by atomic mass is 16.5. The number of carbonyl (C=O) groups is 1. The molecule has 1 saturated carbocycles. The number of fused-ring (bicyclic) bond motifs is 1. The van der Waals surface area contributed by atoms with Crippen molar-refractivity contribution in [1.29, 1.82) is 0 Å². The molecule has 0 unspecified atom stereocenters. The Morgan fingerprint density at radius 2 is 2.04 bits per heavy atom. The van der Waals surface area contributed by atoms with Crippen molar-refractivity contribution in [3.63, 3.8) is 0 Å². The van der Waals surface area contributed by atoms with Gasteiger partial charge in [-0.1, -0.05) is 0 Å². The number of nitrogens with zero attached hydrogens (tertiary/aromatic N) is 2. The zero-order chi connectivity index (χ0) is 16.4. The molecular formula is C17H20N2O4. The van der Waals surface area contributed by atoms with Crippen molar-refractivity contribution in [2.75, 3.05) is 7.11 Å². The van der Waals surface area contributed by atoms with Crippen LogP contribution in [0.1, 0.15) is 32.1 Å². The predicted molar refractivity (Wildman–Crippen MR) is 85.6 cm³/mol. The van der Waals surface area contributed by atoms with Crippen LogP contribution in [0.25, 0.3) is 11.0 Å². The van der Waals surface area contributed by atoms with Crippen molar-refractivity contribution in [1.82, 2.24) is 9.55 Å². The number of aryl methyl sites for hydroxylation is 1. The van der Waals surface area contributed by atoms with Crippen molar-refractivity contribution in [2.24, 2.45) is 0 Å². The van der Waals surface area contributed by atoms with Crippen molar-refractivity contribution >= 4 is 16.8 Å². The number of aromatic nitrogens is 2. The zero-order valence-corrected chi connectivity index (χ0v) is 13.1. The van der Waals surface area contributed by atoms with Gasteiger partial charge in [0, 0.05) is 25.5 Å². The monoisotopic (exact) mass is 316 g/mol. The van der Waals surface area contributed by atoms with Gasteiger partial charge in [0.2, 0.25) is 0 Å². The molecule has 1 aromatic heterocycles. The van der Waals surface area contributed by atoms with Gasteiger partial charge < -0.3 is 14.4 Å². The van der Waals surface area contributed by atoms with Crippen molar-refractivity contribution in [3.8, 4) is 5.75 Å². The molecule has 0 radical (unpaired) electrons. The minimum absolute atomic E-state index is 0.200. The first-order valence-electron chi connectivity index (χ1n) is 7.78. The summed E-state index contributed by atoms with van der Waals surface area (Å²) < 4.78 is 6.82. The van der Waals surface area contributed by atoms with Crippen molar-refractivity contribution in [2.45, 2.75) is 44.2 Å². The van der Waals surface area contributed by atoms with Crippen LogP contribution in [0.15, 0.2) is 29.2 Å². The highest BCUT2D eigenvalue weighted by Crippen LogP contribution is 2.30. The van der Waals surface area contributed by atoms with Gasteiger partial charge in [-0.2, -0.15) is 0 Å². The van der Waals surface area contributed by atoms with Gasteiger partial charge in [0.25, 0.3) is 5.56 Å². The molecule has 0 bridgehead atoms. The maximum absolute atomic E-state index is 12.2. The van der Waals surface area contributed by atoms with E-state index in [0.29, 0.717) is 55.4 Å². The van der Waals surface area contributed by atoms with E-state index in [1.807, 2.05) is 0 Å². The van der Waals surface area contributed by atoms with Crippen LogP contribution in [0.2, 0.25) is 0 Å². The molecule has 1 fully saturated rings. The highest BCUT2D eigenvalue weighted by molar-refractivity contribution is 5.79. The van der Waals surface area contributed by atoms with Gasteiger partial charge in [0.05, 0.1) is 29.9 Å². The largest absolute Gasteiger partial charge is 0.497 e. The third-order valence-electron chi connectivity index (χ3n) is 4.59. The van der Waals surface area contributed by atoms with Crippen LogP contribution in [0, 0.1) is 0 Å². The van der Waals surface area contributed by atoms with Crippen LogP contribution >= 0.6 is 0 Å². The molecule has 2 aromatic rings. The van der Waals surface area contributed by atoms with Gasteiger partial charge in [0.1, 0.15) is 11.5 Å². The molecule has 1 N–H and O–H groups in total. The standard InChI is InChI=1S/C17H20N2O4/c1-23-13-2-3-14-15(10-13)19(16(21)11-18-14)9-8-17(22)6-4-12(20)5-7-17/h2-3,10-11,22H,4-9H2,1H3. The Kier molecular flexibility index (Phi) is 4.17. The van der Waals surface area contributed by atoms with E-state index < -0.39 is 5.60 Å². The Hall–Kier alpha value is -2.21. The fourth-order valence-corrected chi connectivity index (χ4v) is 3.06. The third-order valence-corrected chi connectivity index (χ3v) is 4.59. The number of carbonyl (C=O) groups excluding carboxylic acids is 1. The zero-order valence-electron chi connectivity index (χ0n) is 13.1. The minimum Gasteiger partial charge on any atom is -0.497 e. The lowest BCUT2D eigenvalue weighted by Crippen LogP contribution is -2.36. The van der Waals surface area contributed by atoms with Gasteiger partial charge in [0.15, 0.2) is 0 Å². The predicted octanol–water partition coefficient (Wildman–Crippen LogP) is 1.67. The van der Waals surface area contributed by atoms with Crippen LogP contribution in [0.5, 0.6) is 5.75 Å². The van der Waals surface area contributed by atoms with E-state index in [4.69, 9.17) is 4.74 Å². The molecule has 0 amide bonds. The fourth-order valence-electron chi connectivity index (χ4n) is 3.06. The SMILES string of the molecule is COc1ccc2ncc(=O)n(CCC3(O)CCC(=O)CC3)c2c1. The van der Waals surface area contributed by atoms with Gasteiger partial charge in [-0.25, -0.2) is 4.98 Å². The molecule has 0 aliphatic heterocycles. The summed E-state index contributed by atoms with van der Waals surface area (Å²) in [6.45, 7) is 0.385. The normalized spacial score (nSPS) is 17.4. The fraction of sp³-hybridized carbons (Fsp3) is 0.471. The lowest BCUT2D eigenvalue weighted by atomic mass is 9.82. The second-order valence-corrected chi connectivity index (χ2v) is 6.12. The van der Waals surface area contributed by atoms with E-state index in [1.54, 1.807) is 29.9 Å². The first kappa shape index (κ1) is 15.7.